The Hall–Kier alpha value is -2.98. The molecule has 4 aromatic rings. The second-order valence-corrected chi connectivity index (χ2v) is 8.86. The number of carbonyl (C=O) groups excluding carboxylic acids is 1. The van der Waals surface area contributed by atoms with Gasteiger partial charge in [-0.1, -0.05) is 66.2 Å². The molecule has 1 N–H and O–H groups in total. The highest BCUT2D eigenvalue weighted by Crippen LogP contribution is 2.39. The number of hydrogen-bond donors (Lipinski definition) is 1. The van der Waals surface area contributed by atoms with Gasteiger partial charge in [0.2, 0.25) is 5.91 Å². The number of nitrogens with one attached hydrogen (secondary N) is 1. The summed E-state index contributed by atoms with van der Waals surface area (Å²) in [6, 6.07) is 27.1. The van der Waals surface area contributed by atoms with Gasteiger partial charge in [0.25, 0.3) is 0 Å². The quantitative estimate of drug-likeness (QED) is 0.434. The fraction of sp³-hybridized carbons (Fsp3) is 0.192. The first-order valence-corrected chi connectivity index (χ1v) is 11.3. The van der Waals surface area contributed by atoms with E-state index < -0.39 is 0 Å². The van der Waals surface area contributed by atoms with Crippen molar-refractivity contribution in [1.29, 1.82) is 0 Å². The van der Waals surface area contributed by atoms with E-state index in [2.05, 4.69) is 77.5 Å². The van der Waals surface area contributed by atoms with Gasteiger partial charge < -0.3 is 9.88 Å². The molecule has 2 heterocycles. The van der Waals surface area contributed by atoms with Crippen molar-refractivity contribution in [2.45, 2.75) is 24.3 Å². The standard InChI is InChI=1S/C26H24N2OS/c1-18-11-13-19(14-12-18)26-25-22(21-9-5-6-10-23(21)27-25)15-16-28(26)24(29)17-30-20-7-3-2-4-8-20/h2-14,26-27H,15-17H2,1H3/t26-/m1/s1. The molecule has 1 atom stereocenters. The summed E-state index contributed by atoms with van der Waals surface area (Å²) in [6.45, 7) is 2.83. The Labute approximate surface area is 181 Å². The number of thioether (sulfide) groups is 1. The molecular formula is C26H24N2OS. The molecule has 0 spiro atoms. The predicted octanol–water partition coefficient (Wildman–Crippen LogP) is 5.74. The molecule has 0 bridgehead atoms. The van der Waals surface area contributed by atoms with Gasteiger partial charge in [-0.25, -0.2) is 0 Å². The first-order valence-electron chi connectivity index (χ1n) is 10.3. The largest absolute Gasteiger partial charge is 0.356 e. The molecule has 1 aliphatic heterocycles. The van der Waals surface area contributed by atoms with E-state index in [1.165, 1.54) is 16.5 Å². The summed E-state index contributed by atoms with van der Waals surface area (Å²) in [6.07, 6.45) is 0.878. The predicted molar refractivity (Wildman–Crippen MR) is 124 cm³/mol. The van der Waals surface area contributed by atoms with E-state index in [1.807, 2.05) is 18.2 Å². The maximum Gasteiger partial charge on any atom is 0.233 e. The first-order chi connectivity index (χ1) is 14.7. The summed E-state index contributed by atoms with van der Waals surface area (Å²) in [5.41, 5.74) is 6.03. The molecule has 0 aliphatic carbocycles. The molecule has 1 aromatic heterocycles. The second-order valence-electron chi connectivity index (χ2n) is 7.81. The Morgan fingerprint density at radius 3 is 2.53 bits per heavy atom. The Balaban J connectivity index is 1.51. The Morgan fingerprint density at radius 1 is 1.00 bits per heavy atom. The SMILES string of the molecule is Cc1ccc([C@@H]2c3[nH]c4ccccc4c3CCN2C(=O)CSc2ccccc2)cc1. The van der Waals surface area contributed by atoms with Gasteiger partial charge >= 0.3 is 0 Å². The maximum atomic E-state index is 13.3. The zero-order valence-electron chi connectivity index (χ0n) is 17.0. The Morgan fingerprint density at radius 2 is 1.73 bits per heavy atom. The third-order valence-electron chi connectivity index (χ3n) is 5.85. The second kappa shape index (κ2) is 8.04. The molecule has 150 valence electrons. The van der Waals surface area contributed by atoms with Gasteiger partial charge in [-0.15, -0.1) is 11.8 Å². The van der Waals surface area contributed by atoms with Crippen LogP contribution in [0.1, 0.15) is 28.4 Å². The maximum absolute atomic E-state index is 13.3. The summed E-state index contributed by atoms with van der Waals surface area (Å²) in [7, 11) is 0. The average molecular weight is 413 g/mol. The van der Waals surface area contributed by atoms with Gasteiger partial charge in [0, 0.05) is 28.0 Å². The van der Waals surface area contributed by atoms with Crippen molar-refractivity contribution >= 4 is 28.6 Å². The number of carbonyl (C=O) groups is 1. The smallest absolute Gasteiger partial charge is 0.233 e. The fourth-order valence-electron chi connectivity index (χ4n) is 4.35. The lowest BCUT2D eigenvalue weighted by atomic mass is 9.92. The van der Waals surface area contributed by atoms with Crippen LogP contribution in [0.4, 0.5) is 0 Å². The van der Waals surface area contributed by atoms with Crippen LogP contribution < -0.4 is 0 Å². The van der Waals surface area contributed by atoms with Crippen LogP contribution in [0.5, 0.6) is 0 Å². The minimum absolute atomic E-state index is 0.0781. The zero-order valence-corrected chi connectivity index (χ0v) is 17.8. The lowest BCUT2D eigenvalue weighted by Gasteiger charge is -2.36. The third-order valence-corrected chi connectivity index (χ3v) is 6.85. The van der Waals surface area contributed by atoms with Gasteiger partial charge in [-0.3, -0.25) is 4.79 Å². The normalized spacial score (nSPS) is 15.9. The van der Waals surface area contributed by atoms with Crippen LogP contribution in [0, 0.1) is 6.92 Å². The third kappa shape index (κ3) is 3.52. The summed E-state index contributed by atoms with van der Waals surface area (Å²) in [5, 5.41) is 1.27. The van der Waals surface area contributed by atoms with Crippen LogP contribution in [0.15, 0.2) is 83.8 Å². The van der Waals surface area contributed by atoms with Crippen molar-refractivity contribution in [3.8, 4) is 0 Å². The molecule has 4 heteroatoms. The van der Waals surface area contributed by atoms with Gasteiger partial charge in [-0.05, 0) is 42.7 Å². The van der Waals surface area contributed by atoms with Crippen LogP contribution >= 0.6 is 11.8 Å². The minimum Gasteiger partial charge on any atom is -0.356 e. The number of H-pyrrole nitrogens is 1. The molecule has 5 rings (SSSR count). The summed E-state index contributed by atoms with van der Waals surface area (Å²) < 4.78 is 0. The molecular weight excluding hydrogens is 388 g/mol. The van der Waals surface area contributed by atoms with Crippen molar-refractivity contribution < 1.29 is 4.79 Å². The lowest BCUT2D eigenvalue weighted by Crippen LogP contribution is -2.41. The van der Waals surface area contributed by atoms with Crippen molar-refractivity contribution in [1.82, 2.24) is 9.88 Å². The van der Waals surface area contributed by atoms with Gasteiger partial charge in [0.05, 0.1) is 11.8 Å². The van der Waals surface area contributed by atoms with Crippen molar-refractivity contribution in [2.75, 3.05) is 12.3 Å². The number of fused-ring (bicyclic) bond motifs is 3. The molecule has 3 aromatic carbocycles. The molecule has 0 unspecified atom stereocenters. The van der Waals surface area contributed by atoms with Gasteiger partial charge in [-0.2, -0.15) is 0 Å². The van der Waals surface area contributed by atoms with Crippen molar-refractivity contribution in [2.24, 2.45) is 0 Å². The first kappa shape index (κ1) is 19.0. The lowest BCUT2D eigenvalue weighted by molar-refractivity contribution is -0.130. The van der Waals surface area contributed by atoms with E-state index >= 15 is 0 Å². The van der Waals surface area contributed by atoms with E-state index in [0.717, 1.165) is 34.6 Å². The molecule has 1 amide bonds. The fourth-order valence-corrected chi connectivity index (χ4v) is 5.16. The number of hydrogen-bond acceptors (Lipinski definition) is 2. The van der Waals surface area contributed by atoms with E-state index in [0.29, 0.717) is 5.75 Å². The number of rotatable bonds is 4. The topological polar surface area (TPSA) is 36.1 Å². The number of aromatic amines is 1. The summed E-state index contributed by atoms with van der Waals surface area (Å²) in [4.78, 5) is 20.2. The Bertz CT molecular complexity index is 1180. The number of benzene rings is 3. The molecule has 0 saturated carbocycles. The summed E-state index contributed by atoms with van der Waals surface area (Å²) >= 11 is 1.61. The van der Waals surface area contributed by atoms with Crippen LogP contribution in [0.2, 0.25) is 0 Å². The van der Waals surface area contributed by atoms with Crippen molar-refractivity contribution in [3.63, 3.8) is 0 Å². The number of aryl methyl sites for hydroxylation is 1. The molecule has 0 radical (unpaired) electrons. The van der Waals surface area contributed by atoms with Crippen LogP contribution in [-0.2, 0) is 11.2 Å². The van der Waals surface area contributed by atoms with E-state index in [9.17, 15) is 4.79 Å². The van der Waals surface area contributed by atoms with Crippen LogP contribution in [0.25, 0.3) is 10.9 Å². The van der Waals surface area contributed by atoms with E-state index in [-0.39, 0.29) is 11.9 Å². The highest BCUT2D eigenvalue weighted by molar-refractivity contribution is 8.00. The monoisotopic (exact) mass is 412 g/mol. The van der Waals surface area contributed by atoms with E-state index in [4.69, 9.17) is 0 Å². The Kier molecular flexibility index (Phi) is 5.09. The molecule has 0 saturated heterocycles. The summed E-state index contributed by atoms with van der Waals surface area (Å²) in [5.74, 6) is 0.626. The number of amides is 1. The van der Waals surface area contributed by atoms with Crippen LogP contribution in [-0.4, -0.2) is 28.1 Å². The average Bonchev–Trinajstić information content (AvgIpc) is 3.17. The zero-order chi connectivity index (χ0) is 20.5. The number of para-hydroxylation sites is 1. The number of nitrogens with zero attached hydrogens (tertiary/aromatic N) is 1. The highest BCUT2D eigenvalue weighted by atomic mass is 32.2. The molecule has 1 aliphatic rings. The molecule has 0 fully saturated rings. The van der Waals surface area contributed by atoms with E-state index in [1.54, 1.807) is 11.8 Å². The molecule has 30 heavy (non-hydrogen) atoms. The molecule has 3 nitrogen and oxygen atoms in total. The number of aromatic nitrogens is 1. The van der Waals surface area contributed by atoms with Crippen molar-refractivity contribution in [3.05, 3.63) is 101 Å². The minimum atomic E-state index is -0.0781. The van der Waals surface area contributed by atoms with Gasteiger partial charge in [0.15, 0.2) is 0 Å². The van der Waals surface area contributed by atoms with Crippen LogP contribution in [0.3, 0.4) is 0 Å². The van der Waals surface area contributed by atoms with Gasteiger partial charge in [0.1, 0.15) is 0 Å². The highest BCUT2D eigenvalue weighted by Gasteiger charge is 2.34.